The number of hydrogen-bond acceptors (Lipinski definition) is 6. The molecule has 0 radical (unpaired) electrons. The average Bonchev–Trinajstić information content (AvgIpc) is 2.79. The molecule has 0 bridgehead atoms. The summed E-state index contributed by atoms with van der Waals surface area (Å²) in [7, 11) is 1.62. The van der Waals surface area contributed by atoms with Crippen molar-refractivity contribution in [1.82, 2.24) is 20.5 Å². The molecule has 1 heterocycles. The number of aromatic amines is 1. The molecule has 162 valence electrons. The Morgan fingerprint density at radius 1 is 1.10 bits per heavy atom. The minimum Gasteiger partial charge on any atom is -0.496 e. The van der Waals surface area contributed by atoms with Crippen molar-refractivity contribution in [3.63, 3.8) is 0 Å². The molecule has 1 amide bonds. The number of H-pyrrole nitrogens is 1. The number of nitrogens with zero attached hydrogens (tertiary/aromatic N) is 2. The lowest BCUT2D eigenvalue weighted by Crippen LogP contribution is -2.27. The SMILES string of the molecule is CCOc1cccc(-c2nnc(CCC(=O)NCCc3ccccc3OC)c(=O)[nH]2)c1. The van der Waals surface area contributed by atoms with Gasteiger partial charge in [-0.2, -0.15) is 0 Å². The lowest BCUT2D eigenvalue weighted by molar-refractivity contribution is -0.121. The molecule has 8 heteroatoms. The van der Waals surface area contributed by atoms with E-state index in [1.54, 1.807) is 13.2 Å². The van der Waals surface area contributed by atoms with Crippen molar-refractivity contribution in [2.45, 2.75) is 26.2 Å². The number of rotatable bonds is 10. The van der Waals surface area contributed by atoms with E-state index in [0.717, 1.165) is 11.3 Å². The topological polar surface area (TPSA) is 106 Å². The van der Waals surface area contributed by atoms with E-state index >= 15 is 0 Å². The van der Waals surface area contributed by atoms with E-state index < -0.39 is 0 Å². The van der Waals surface area contributed by atoms with Gasteiger partial charge in [-0.25, -0.2) is 0 Å². The fourth-order valence-electron chi connectivity index (χ4n) is 3.12. The summed E-state index contributed by atoms with van der Waals surface area (Å²) >= 11 is 0. The highest BCUT2D eigenvalue weighted by molar-refractivity contribution is 5.76. The number of methoxy groups -OCH3 is 1. The molecule has 0 spiro atoms. The van der Waals surface area contributed by atoms with Gasteiger partial charge in [-0.05, 0) is 37.1 Å². The van der Waals surface area contributed by atoms with E-state index in [4.69, 9.17) is 9.47 Å². The highest BCUT2D eigenvalue weighted by Gasteiger charge is 2.10. The zero-order valence-corrected chi connectivity index (χ0v) is 17.7. The van der Waals surface area contributed by atoms with Gasteiger partial charge >= 0.3 is 0 Å². The summed E-state index contributed by atoms with van der Waals surface area (Å²) in [6.07, 6.45) is 1.02. The summed E-state index contributed by atoms with van der Waals surface area (Å²) in [6, 6.07) is 14.9. The molecule has 0 aliphatic carbocycles. The van der Waals surface area contributed by atoms with Crippen LogP contribution in [0.25, 0.3) is 11.4 Å². The summed E-state index contributed by atoms with van der Waals surface area (Å²) in [6.45, 7) is 2.93. The zero-order chi connectivity index (χ0) is 22.1. The molecule has 31 heavy (non-hydrogen) atoms. The molecule has 0 atom stereocenters. The Morgan fingerprint density at radius 3 is 2.71 bits per heavy atom. The van der Waals surface area contributed by atoms with Gasteiger partial charge in [0.1, 0.15) is 17.2 Å². The van der Waals surface area contributed by atoms with E-state index in [1.165, 1.54) is 0 Å². The molecule has 0 aliphatic rings. The fraction of sp³-hybridized carbons (Fsp3) is 0.304. The standard InChI is InChI=1S/C23H26N4O4/c1-3-31-18-9-6-8-17(15-18)22-25-23(29)19(26-27-22)11-12-21(28)24-14-13-16-7-4-5-10-20(16)30-2/h4-10,15H,3,11-14H2,1-2H3,(H,24,28)(H,25,27,29). The van der Waals surface area contributed by atoms with Crippen molar-refractivity contribution in [3.8, 4) is 22.9 Å². The van der Waals surface area contributed by atoms with Crippen LogP contribution in [0.15, 0.2) is 53.3 Å². The predicted molar refractivity (Wildman–Crippen MR) is 117 cm³/mol. The monoisotopic (exact) mass is 422 g/mol. The average molecular weight is 422 g/mol. The van der Waals surface area contributed by atoms with Crippen LogP contribution >= 0.6 is 0 Å². The molecule has 3 aromatic rings. The second-order valence-corrected chi connectivity index (χ2v) is 6.82. The van der Waals surface area contributed by atoms with Crippen molar-refractivity contribution < 1.29 is 14.3 Å². The lowest BCUT2D eigenvalue weighted by Gasteiger charge is -2.09. The van der Waals surface area contributed by atoms with Crippen LogP contribution in [-0.4, -0.2) is 41.3 Å². The second-order valence-electron chi connectivity index (χ2n) is 6.82. The number of amides is 1. The number of carbonyl (C=O) groups excluding carboxylic acids is 1. The number of aryl methyl sites for hydroxylation is 1. The maximum Gasteiger partial charge on any atom is 0.273 e. The van der Waals surface area contributed by atoms with E-state index in [9.17, 15) is 9.59 Å². The number of para-hydroxylation sites is 1. The Hall–Kier alpha value is -3.68. The third-order valence-electron chi connectivity index (χ3n) is 4.68. The molecule has 0 saturated carbocycles. The minimum atomic E-state index is -0.353. The summed E-state index contributed by atoms with van der Waals surface area (Å²) in [5, 5.41) is 11.0. The first-order valence-corrected chi connectivity index (χ1v) is 10.2. The van der Waals surface area contributed by atoms with Gasteiger partial charge < -0.3 is 19.8 Å². The summed E-state index contributed by atoms with van der Waals surface area (Å²) in [5.74, 6) is 1.70. The number of carbonyl (C=O) groups is 1. The first kappa shape index (κ1) is 22.0. The van der Waals surface area contributed by atoms with Crippen LogP contribution in [0.5, 0.6) is 11.5 Å². The minimum absolute atomic E-state index is 0.149. The maximum absolute atomic E-state index is 12.4. The number of nitrogens with one attached hydrogen (secondary N) is 2. The van der Waals surface area contributed by atoms with Crippen LogP contribution in [0.3, 0.4) is 0 Å². The molecule has 8 nitrogen and oxygen atoms in total. The highest BCUT2D eigenvalue weighted by Crippen LogP contribution is 2.20. The molecule has 2 aromatic carbocycles. The lowest BCUT2D eigenvalue weighted by atomic mass is 10.1. The van der Waals surface area contributed by atoms with Gasteiger partial charge in [0.05, 0.1) is 13.7 Å². The Labute approximate surface area is 180 Å². The molecular formula is C23H26N4O4. The summed E-state index contributed by atoms with van der Waals surface area (Å²) < 4.78 is 10.8. The van der Waals surface area contributed by atoms with Gasteiger partial charge in [-0.1, -0.05) is 30.3 Å². The molecule has 0 saturated heterocycles. The number of ether oxygens (including phenoxy) is 2. The smallest absolute Gasteiger partial charge is 0.273 e. The Morgan fingerprint density at radius 2 is 1.94 bits per heavy atom. The molecule has 1 aromatic heterocycles. The van der Waals surface area contributed by atoms with Crippen LogP contribution in [0.4, 0.5) is 0 Å². The molecule has 0 fully saturated rings. The van der Waals surface area contributed by atoms with Gasteiger partial charge in [0, 0.05) is 24.9 Å². The van der Waals surface area contributed by atoms with Crippen molar-refractivity contribution in [3.05, 3.63) is 70.1 Å². The number of aromatic nitrogens is 3. The Kier molecular flexibility index (Phi) is 7.75. The van der Waals surface area contributed by atoms with E-state index in [1.807, 2.05) is 49.4 Å². The zero-order valence-electron chi connectivity index (χ0n) is 17.7. The van der Waals surface area contributed by atoms with E-state index in [-0.39, 0.29) is 30.0 Å². The van der Waals surface area contributed by atoms with Gasteiger partial charge in [-0.15, -0.1) is 10.2 Å². The third-order valence-corrected chi connectivity index (χ3v) is 4.68. The molecule has 2 N–H and O–H groups in total. The van der Waals surface area contributed by atoms with Gasteiger partial charge in [0.25, 0.3) is 5.56 Å². The van der Waals surface area contributed by atoms with Crippen LogP contribution in [0, 0.1) is 0 Å². The Balaban J connectivity index is 1.53. The maximum atomic E-state index is 12.4. The van der Waals surface area contributed by atoms with Crippen LogP contribution in [0.1, 0.15) is 24.6 Å². The summed E-state index contributed by atoms with van der Waals surface area (Å²) in [4.78, 5) is 27.2. The third kappa shape index (κ3) is 6.15. The largest absolute Gasteiger partial charge is 0.496 e. The van der Waals surface area contributed by atoms with Gasteiger partial charge in [0.15, 0.2) is 5.82 Å². The van der Waals surface area contributed by atoms with Crippen molar-refractivity contribution in [1.29, 1.82) is 0 Å². The molecule has 3 rings (SSSR count). The van der Waals surface area contributed by atoms with Crippen molar-refractivity contribution in [2.24, 2.45) is 0 Å². The van der Waals surface area contributed by atoms with Crippen LogP contribution < -0.4 is 20.3 Å². The fourth-order valence-corrected chi connectivity index (χ4v) is 3.12. The molecule has 0 aliphatic heterocycles. The van der Waals surface area contributed by atoms with Crippen molar-refractivity contribution >= 4 is 5.91 Å². The first-order valence-electron chi connectivity index (χ1n) is 10.2. The van der Waals surface area contributed by atoms with Crippen LogP contribution in [0.2, 0.25) is 0 Å². The summed E-state index contributed by atoms with van der Waals surface area (Å²) in [5.41, 5.74) is 1.60. The normalized spacial score (nSPS) is 10.5. The van der Waals surface area contributed by atoms with Gasteiger partial charge in [0.2, 0.25) is 5.91 Å². The van der Waals surface area contributed by atoms with Gasteiger partial charge in [-0.3, -0.25) is 9.59 Å². The van der Waals surface area contributed by atoms with Crippen LogP contribution in [-0.2, 0) is 17.6 Å². The second kappa shape index (κ2) is 10.9. The molecular weight excluding hydrogens is 396 g/mol. The van der Waals surface area contributed by atoms with E-state index in [2.05, 4.69) is 20.5 Å². The number of benzene rings is 2. The molecule has 0 unspecified atom stereocenters. The number of hydrogen-bond donors (Lipinski definition) is 2. The van der Waals surface area contributed by atoms with Crippen molar-refractivity contribution in [2.75, 3.05) is 20.3 Å². The Bertz CT molecular complexity index is 1080. The highest BCUT2D eigenvalue weighted by atomic mass is 16.5. The van der Waals surface area contributed by atoms with E-state index in [0.29, 0.717) is 36.7 Å². The quantitative estimate of drug-likeness (QED) is 0.520. The first-order chi connectivity index (χ1) is 15.1. The predicted octanol–water partition coefficient (Wildman–Crippen LogP) is 2.53.